The molecular formula is C5H7N3O3. The zero-order valence-corrected chi connectivity index (χ0v) is 5.62. The van der Waals surface area contributed by atoms with E-state index in [9.17, 15) is 4.79 Å². The molecule has 60 valence electrons. The lowest BCUT2D eigenvalue weighted by Gasteiger charge is -2.07. The predicted octanol–water partition coefficient (Wildman–Crippen LogP) is -0.376. The van der Waals surface area contributed by atoms with Gasteiger partial charge < -0.3 is 14.6 Å². The Bertz CT molecular complexity index is 201. The second kappa shape index (κ2) is 3.34. The first-order chi connectivity index (χ1) is 5.29. The average Bonchev–Trinajstić information content (AvgIpc) is 2.34. The Morgan fingerprint density at radius 3 is 3.09 bits per heavy atom. The molecule has 0 aromatic rings. The van der Waals surface area contributed by atoms with E-state index in [1.54, 1.807) is 0 Å². The second-order valence-corrected chi connectivity index (χ2v) is 2.20. The summed E-state index contributed by atoms with van der Waals surface area (Å²) >= 11 is 0. The normalized spacial score (nSPS) is 36.3. The van der Waals surface area contributed by atoms with Gasteiger partial charge in [0, 0.05) is 4.91 Å². The molecule has 3 atom stereocenters. The van der Waals surface area contributed by atoms with Crippen molar-refractivity contribution in [3.63, 3.8) is 0 Å². The fourth-order valence-corrected chi connectivity index (χ4v) is 0.948. The van der Waals surface area contributed by atoms with Gasteiger partial charge in [0.15, 0.2) is 0 Å². The Hall–Kier alpha value is -1.10. The van der Waals surface area contributed by atoms with Crippen LogP contribution in [0.1, 0.15) is 0 Å². The van der Waals surface area contributed by atoms with Crippen LogP contribution in [0, 0.1) is 0 Å². The van der Waals surface area contributed by atoms with E-state index in [-0.39, 0.29) is 6.61 Å². The number of aliphatic hydroxyl groups is 1. The molecule has 0 unspecified atom stereocenters. The van der Waals surface area contributed by atoms with E-state index < -0.39 is 18.2 Å². The smallest absolute Gasteiger partial charge is 0.149 e. The summed E-state index contributed by atoms with van der Waals surface area (Å²) in [6, 6.07) is -0.766. The van der Waals surface area contributed by atoms with Crippen molar-refractivity contribution in [2.45, 2.75) is 18.2 Å². The van der Waals surface area contributed by atoms with Crippen LogP contribution in [0.3, 0.4) is 0 Å². The van der Waals surface area contributed by atoms with Crippen LogP contribution in [0.2, 0.25) is 0 Å². The molecule has 11 heavy (non-hydrogen) atoms. The predicted molar refractivity (Wildman–Crippen MR) is 34.7 cm³/mol. The molecule has 1 N–H and O–H groups in total. The summed E-state index contributed by atoms with van der Waals surface area (Å²) in [5, 5.41) is 12.3. The van der Waals surface area contributed by atoms with Gasteiger partial charge >= 0.3 is 0 Å². The van der Waals surface area contributed by atoms with Crippen LogP contribution < -0.4 is 0 Å². The van der Waals surface area contributed by atoms with Crippen LogP contribution in [0.25, 0.3) is 10.4 Å². The number of hydrogen-bond acceptors (Lipinski definition) is 4. The van der Waals surface area contributed by atoms with Crippen LogP contribution in [0.4, 0.5) is 0 Å². The lowest BCUT2D eigenvalue weighted by Crippen LogP contribution is -2.28. The van der Waals surface area contributed by atoms with E-state index >= 15 is 0 Å². The minimum absolute atomic E-state index is 0.0487. The van der Waals surface area contributed by atoms with E-state index in [1.807, 2.05) is 0 Å². The van der Waals surface area contributed by atoms with Gasteiger partial charge in [-0.3, -0.25) is 0 Å². The van der Waals surface area contributed by atoms with Gasteiger partial charge in [-0.15, -0.1) is 0 Å². The molecule has 0 aromatic carbocycles. The molecule has 6 nitrogen and oxygen atoms in total. The van der Waals surface area contributed by atoms with Gasteiger partial charge in [-0.25, -0.2) is 0 Å². The first-order valence-electron chi connectivity index (χ1n) is 3.08. The van der Waals surface area contributed by atoms with Crippen LogP contribution in [0.5, 0.6) is 0 Å². The van der Waals surface area contributed by atoms with E-state index in [1.165, 1.54) is 0 Å². The Morgan fingerprint density at radius 2 is 2.55 bits per heavy atom. The monoisotopic (exact) mass is 157 g/mol. The van der Waals surface area contributed by atoms with E-state index in [2.05, 4.69) is 10.0 Å². The standard InChI is InChI=1S/C5H7N3O3/c6-8-7-5-3(10)2-11-4(5)1-9/h1,3-5,10H,2H2/t3-,4-,5+/m1/s1. The summed E-state index contributed by atoms with van der Waals surface area (Å²) in [4.78, 5) is 12.7. The third-order valence-electron chi connectivity index (χ3n) is 1.51. The Labute approximate surface area is 62.4 Å². The molecule has 1 saturated heterocycles. The van der Waals surface area contributed by atoms with Crippen molar-refractivity contribution in [3.8, 4) is 0 Å². The number of ether oxygens (including phenoxy) is 1. The minimum Gasteiger partial charge on any atom is -0.390 e. The van der Waals surface area contributed by atoms with Crippen LogP contribution in [-0.2, 0) is 9.53 Å². The zero-order valence-electron chi connectivity index (χ0n) is 5.62. The van der Waals surface area contributed by atoms with Gasteiger partial charge in [0.05, 0.1) is 18.8 Å². The molecule has 1 heterocycles. The van der Waals surface area contributed by atoms with Crippen molar-refractivity contribution in [1.82, 2.24) is 0 Å². The molecular weight excluding hydrogens is 150 g/mol. The summed E-state index contributed by atoms with van der Waals surface area (Å²) < 4.78 is 4.80. The van der Waals surface area contributed by atoms with Crippen molar-refractivity contribution >= 4 is 6.29 Å². The highest BCUT2D eigenvalue weighted by atomic mass is 16.5. The Balaban J connectivity index is 2.70. The molecule has 1 aliphatic heterocycles. The lowest BCUT2D eigenvalue weighted by molar-refractivity contribution is -0.115. The fourth-order valence-electron chi connectivity index (χ4n) is 0.948. The molecule has 0 bridgehead atoms. The third-order valence-corrected chi connectivity index (χ3v) is 1.51. The van der Waals surface area contributed by atoms with E-state index in [4.69, 9.17) is 15.4 Å². The zero-order chi connectivity index (χ0) is 8.27. The van der Waals surface area contributed by atoms with Gasteiger partial charge in [0.1, 0.15) is 12.4 Å². The van der Waals surface area contributed by atoms with E-state index in [0.717, 1.165) is 0 Å². The quantitative estimate of drug-likeness (QED) is 0.256. The van der Waals surface area contributed by atoms with Gasteiger partial charge in [0.2, 0.25) is 0 Å². The Kier molecular flexibility index (Phi) is 2.43. The van der Waals surface area contributed by atoms with Crippen LogP contribution in [0.15, 0.2) is 5.11 Å². The first-order valence-corrected chi connectivity index (χ1v) is 3.08. The topological polar surface area (TPSA) is 95.3 Å². The molecule has 0 amide bonds. The van der Waals surface area contributed by atoms with Crippen molar-refractivity contribution in [1.29, 1.82) is 0 Å². The number of carbonyl (C=O) groups is 1. The summed E-state index contributed by atoms with van der Waals surface area (Å²) in [6.45, 7) is 0.0487. The van der Waals surface area contributed by atoms with Crippen LogP contribution >= 0.6 is 0 Å². The van der Waals surface area contributed by atoms with Crippen molar-refractivity contribution in [2.75, 3.05) is 6.61 Å². The molecule has 1 aliphatic rings. The fraction of sp³-hybridized carbons (Fsp3) is 0.800. The van der Waals surface area contributed by atoms with Crippen molar-refractivity contribution in [3.05, 3.63) is 10.4 Å². The van der Waals surface area contributed by atoms with Gasteiger partial charge in [-0.05, 0) is 5.53 Å². The molecule has 1 rings (SSSR count). The molecule has 0 spiro atoms. The maximum absolute atomic E-state index is 10.2. The molecule has 0 radical (unpaired) electrons. The van der Waals surface area contributed by atoms with Gasteiger partial charge in [-0.2, -0.15) is 0 Å². The van der Waals surface area contributed by atoms with Crippen molar-refractivity contribution < 1.29 is 14.6 Å². The van der Waals surface area contributed by atoms with Crippen LogP contribution in [-0.4, -0.2) is 36.2 Å². The average molecular weight is 157 g/mol. The maximum atomic E-state index is 10.2. The number of aldehydes is 1. The molecule has 1 fully saturated rings. The SMILES string of the molecule is [N-]=[N+]=N[C@H]1[C@H](O)CO[C@@H]1C=O. The largest absolute Gasteiger partial charge is 0.390 e. The van der Waals surface area contributed by atoms with Gasteiger partial charge in [-0.1, -0.05) is 5.11 Å². The lowest BCUT2D eigenvalue weighted by atomic mass is 10.1. The highest BCUT2D eigenvalue weighted by Crippen LogP contribution is 2.15. The number of azide groups is 1. The first kappa shape index (κ1) is 8.00. The number of nitrogens with zero attached hydrogens (tertiary/aromatic N) is 3. The number of rotatable bonds is 2. The molecule has 0 saturated carbocycles. The molecule has 6 heteroatoms. The van der Waals surface area contributed by atoms with Crippen molar-refractivity contribution in [2.24, 2.45) is 5.11 Å². The number of carbonyl (C=O) groups excluding carboxylic acids is 1. The highest BCUT2D eigenvalue weighted by Gasteiger charge is 2.34. The van der Waals surface area contributed by atoms with Gasteiger partial charge in [0.25, 0.3) is 0 Å². The summed E-state index contributed by atoms with van der Waals surface area (Å²) in [6.07, 6.45) is -1.13. The highest BCUT2D eigenvalue weighted by molar-refractivity contribution is 5.58. The van der Waals surface area contributed by atoms with E-state index in [0.29, 0.717) is 6.29 Å². The third kappa shape index (κ3) is 1.48. The summed E-state index contributed by atoms with van der Waals surface area (Å²) in [5.74, 6) is 0. The summed E-state index contributed by atoms with van der Waals surface area (Å²) in [7, 11) is 0. The Morgan fingerprint density at radius 1 is 1.82 bits per heavy atom. The summed E-state index contributed by atoms with van der Waals surface area (Å²) in [5.41, 5.74) is 8.03. The molecule has 0 aliphatic carbocycles. The maximum Gasteiger partial charge on any atom is 0.149 e. The minimum atomic E-state index is -0.860. The molecule has 0 aromatic heterocycles. The second-order valence-electron chi connectivity index (χ2n) is 2.20. The number of hydrogen-bond donors (Lipinski definition) is 1. The number of aliphatic hydroxyl groups excluding tert-OH is 1.